The maximum absolute atomic E-state index is 14.1. The summed E-state index contributed by atoms with van der Waals surface area (Å²) in [6, 6.07) is 19.6. The van der Waals surface area contributed by atoms with Crippen molar-refractivity contribution in [1.82, 2.24) is 25.8 Å². The Balaban J connectivity index is 0.860. The highest BCUT2D eigenvalue weighted by molar-refractivity contribution is 7.13. The van der Waals surface area contributed by atoms with E-state index < -0.39 is 35.6 Å². The Bertz CT molecular complexity index is 2460. The molecule has 1 saturated heterocycles. The number of primary amides is 1. The number of carbonyl (C=O) groups excluding carboxylic acids is 6. The highest BCUT2D eigenvalue weighted by Crippen LogP contribution is 2.39. The average Bonchev–Trinajstić information content (AvgIpc) is 4.01. The number of nitrogens with zero attached hydrogens (tertiary/aromatic N) is 3. The Morgan fingerprint density at radius 3 is 2.31 bits per heavy atom. The molecule has 3 aliphatic rings. The number of aliphatic hydroxyl groups is 1. The number of β-amino-alcohol motifs (C(OH)–C–C–N with tert-alkyl or cyclic N) is 1. The number of likely N-dealkylation sites (tertiary alicyclic amines) is 1. The molecule has 1 unspecified atom stereocenters. The average molecular weight is 946 g/mol. The molecule has 5 atom stereocenters. The van der Waals surface area contributed by atoms with Crippen LogP contribution in [0.25, 0.3) is 10.4 Å². The maximum atomic E-state index is 14.1. The fourth-order valence-electron chi connectivity index (χ4n) is 9.82. The molecule has 3 aliphatic heterocycles. The largest absolute Gasteiger partial charge is 0.391 e. The molecule has 4 aromatic rings. The van der Waals surface area contributed by atoms with Gasteiger partial charge in [0.2, 0.25) is 35.4 Å². The second-order valence-electron chi connectivity index (χ2n) is 19.8. The quantitative estimate of drug-likeness (QED) is 0.0663. The van der Waals surface area contributed by atoms with Gasteiger partial charge in [-0.1, -0.05) is 93.9 Å². The summed E-state index contributed by atoms with van der Waals surface area (Å²) in [6.45, 7) is 7.88. The molecule has 1 aromatic heterocycles. The second kappa shape index (κ2) is 22.5. The van der Waals surface area contributed by atoms with E-state index in [9.17, 15) is 33.9 Å². The number of amides is 6. The Morgan fingerprint density at radius 1 is 0.853 bits per heavy atom. The smallest absolute Gasteiger partial charge is 0.246 e. The van der Waals surface area contributed by atoms with Gasteiger partial charge in [-0.05, 0) is 97.1 Å². The standard InChI is InChI=1S/C53H67N7O7S/c1-33-48(68-32-56-33)38-22-19-36(20-23-38)30-55-50(65)42-29-41(61)31-59(42)52(67)49(53(2,3)4)58-45(63)17-7-5-6-11-34-12-8-13-35(27-34)21-24-40(25-26-44(54)62)57-51(66)43-28-39-16-9-14-37-15-10-18-46(64)60(43)47(37)39/h8-9,12-14,16,19-20,22-23,27,32,40-43,49,61H,5-7,10-11,15,17-18,21,24-26,28-31H2,1-4H3,(H2,54,62)(H,55,65)(H,57,66)(H,58,63)/t40-,41?,42+,43+,49-/m1/s1. The number of hydrogen-bond acceptors (Lipinski definition) is 9. The van der Waals surface area contributed by atoms with Crippen molar-refractivity contribution in [2.45, 2.75) is 154 Å². The minimum atomic E-state index is -0.892. The van der Waals surface area contributed by atoms with Gasteiger partial charge < -0.3 is 31.7 Å². The topological polar surface area (TPSA) is 204 Å². The van der Waals surface area contributed by atoms with Crippen LogP contribution in [-0.2, 0) is 61.0 Å². The van der Waals surface area contributed by atoms with Crippen LogP contribution >= 0.6 is 11.3 Å². The lowest BCUT2D eigenvalue weighted by molar-refractivity contribution is -0.144. The molecule has 0 aliphatic carbocycles. The number of anilines is 1. The predicted molar refractivity (Wildman–Crippen MR) is 263 cm³/mol. The van der Waals surface area contributed by atoms with E-state index >= 15 is 0 Å². The first-order chi connectivity index (χ1) is 32.5. The molecule has 0 radical (unpaired) electrons. The maximum Gasteiger partial charge on any atom is 0.246 e. The molecule has 3 aromatic carbocycles. The van der Waals surface area contributed by atoms with Crippen LogP contribution in [0.1, 0.15) is 118 Å². The molecule has 4 heterocycles. The molecule has 15 heteroatoms. The second-order valence-corrected chi connectivity index (χ2v) is 20.7. The molecule has 14 nitrogen and oxygen atoms in total. The lowest BCUT2D eigenvalue weighted by Gasteiger charge is -2.35. The van der Waals surface area contributed by atoms with Crippen LogP contribution in [0.4, 0.5) is 5.69 Å². The summed E-state index contributed by atoms with van der Waals surface area (Å²) in [6.07, 6.45) is 6.85. The van der Waals surface area contributed by atoms with Crippen LogP contribution in [0.2, 0.25) is 0 Å². The van der Waals surface area contributed by atoms with Crippen LogP contribution in [-0.4, -0.2) is 87.2 Å². The van der Waals surface area contributed by atoms with Gasteiger partial charge in [-0.25, -0.2) is 4.98 Å². The number of thiazole rings is 1. The monoisotopic (exact) mass is 945 g/mol. The van der Waals surface area contributed by atoms with Crippen LogP contribution in [0.3, 0.4) is 0 Å². The van der Waals surface area contributed by atoms with Crippen molar-refractivity contribution in [1.29, 1.82) is 0 Å². The van der Waals surface area contributed by atoms with Gasteiger partial charge in [0.05, 0.1) is 27.9 Å². The van der Waals surface area contributed by atoms with Gasteiger partial charge in [-0.15, -0.1) is 11.3 Å². The van der Waals surface area contributed by atoms with Crippen LogP contribution < -0.4 is 26.6 Å². The third-order valence-corrected chi connectivity index (χ3v) is 14.5. The Kier molecular flexibility index (Phi) is 16.5. The third kappa shape index (κ3) is 12.6. The molecule has 0 spiro atoms. The lowest BCUT2D eigenvalue weighted by atomic mass is 9.85. The molecule has 0 saturated carbocycles. The summed E-state index contributed by atoms with van der Waals surface area (Å²) in [4.78, 5) is 88.4. The zero-order valence-corrected chi connectivity index (χ0v) is 40.7. The Morgan fingerprint density at radius 2 is 1.59 bits per heavy atom. The first-order valence-corrected chi connectivity index (χ1v) is 25.1. The van der Waals surface area contributed by atoms with E-state index in [4.69, 9.17) is 5.73 Å². The molecule has 6 N–H and O–H groups in total. The lowest BCUT2D eigenvalue weighted by Crippen LogP contribution is -2.57. The molecular formula is C53H67N7O7S. The number of rotatable bonds is 20. The van der Waals surface area contributed by atoms with Crippen molar-refractivity contribution in [3.8, 4) is 10.4 Å². The van der Waals surface area contributed by atoms with Gasteiger partial charge in [0.1, 0.15) is 18.1 Å². The molecule has 0 bridgehead atoms. The fraction of sp³-hybridized carbons (Fsp3) is 0.491. The normalized spacial score (nSPS) is 18.7. The minimum Gasteiger partial charge on any atom is -0.391 e. The van der Waals surface area contributed by atoms with Crippen molar-refractivity contribution < 1.29 is 33.9 Å². The molecule has 68 heavy (non-hydrogen) atoms. The number of unbranched alkanes of at least 4 members (excludes halogenated alkanes) is 2. The summed E-state index contributed by atoms with van der Waals surface area (Å²) in [5, 5.41) is 19.7. The zero-order valence-electron chi connectivity index (χ0n) is 39.9. The van der Waals surface area contributed by atoms with Gasteiger partial charge in [-0.3, -0.25) is 33.7 Å². The first kappa shape index (κ1) is 50.0. The number of aryl methyl sites for hydroxylation is 4. The van der Waals surface area contributed by atoms with E-state index in [1.807, 2.05) is 81.7 Å². The number of carbonyl (C=O) groups is 6. The van der Waals surface area contributed by atoms with Gasteiger partial charge in [-0.2, -0.15) is 0 Å². The summed E-state index contributed by atoms with van der Waals surface area (Å²) >= 11 is 1.58. The number of nitrogens with two attached hydrogens (primary N) is 1. The summed E-state index contributed by atoms with van der Waals surface area (Å²) in [5.74, 6) is -1.65. The van der Waals surface area contributed by atoms with E-state index in [2.05, 4.69) is 39.1 Å². The SMILES string of the molecule is Cc1ncsc1-c1ccc(CNC(=O)[C@@H]2CC(O)CN2C(=O)[C@@H](NC(=O)CCCCCc2cccc(CC[C@H](CCC(N)=O)NC(=O)[C@@H]3Cc4cccc5c4N3C(=O)CCC5)c2)C(C)(C)C)cc1. The predicted octanol–water partition coefficient (Wildman–Crippen LogP) is 6.01. The minimum absolute atomic E-state index is 0.00857. The van der Waals surface area contributed by atoms with Gasteiger partial charge >= 0.3 is 0 Å². The third-order valence-electron chi connectivity index (χ3n) is 13.5. The molecular weight excluding hydrogens is 879 g/mol. The summed E-state index contributed by atoms with van der Waals surface area (Å²) < 4.78 is 0. The number of para-hydroxylation sites is 1. The van der Waals surface area contributed by atoms with E-state index in [0.29, 0.717) is 38.5 Å². The van der Waals surface area contributed by atoms with Crippen LogP contribution in [0.15, 0.2) is 72.2 Å². The number of aliphatic hydroxyl groups excluding tert-OH is 1. The van der Waals surface area contributed by atoms with E-state index in [-0.39, 0.29) is 67.9 Å². The van der Waals surface area contributed by atoms with Gasteiger partial charge in [0.25, 0.3) is 0 Å². The molecule has 7 rings (SSSR count). The van der Waals surface area contributed by atoms with Crippen LogP contribution in [0, 0.1) is 12.3 Å². The number of aromatic nitrogens is 1. The fourth-order valence-corrected chi connectivity index (χ4v) is 10.6. The van der Waals surface area contributed by atoms with Crippen LogP contribution in [0.5, 0.6) is 0 Å². The highest BCUT2D eigenvalue weighted by Gasteiger charge is 2.45. The number of nitrogens with one attached hydrogen (secondary N) is 3. The van der Waals surface area contributed by atoms with E-state index in [1.54, 1.807) is 16.2 Å². The molecule has 1 fully saturated rings. The first-order valence-electron chi connectivity index (χ1n) is 24.2. The summed E-state index contributed by atoms with van der Waals surface area (Å²) in [7, 11) is 0. The summed E-state index contributed by atoms with van der Waals surface area (Å²) in [5.41, 5.74) is 14.9. The zero-order chi connectivity index (χ0) is 48.5. The van der Waals surface area contributed by atoms with Crippen molar-refractivity contribution >= 4 is 52.5 Å². The number of benzene rings is 3. The number of hydrogen-bond donors (Lipinski definition) is 5. The Labute approximate surface area is 403 Å². The van der Waals surface area contributed by atoms with Crippen molar-refractivity contribution in [3.05, 3.63) is 106 Å². The van der Waals surface area contributed by atoms with E-state index in [1.165, 1.54) is 4.90 Å². The van der Waals surface area contributed by atoms with Crippen molar-refractivity contribution in [3.63, 3.8) is 0 Å². The van der Waals surface area contributed by atoms with E-state index in [0.717, 1.165) is 81.7 Å². The molecule has 362 valence electrons. The molecule has 6 amide bonds. The van der Waals surface area contributed by atoms with Crippen molar-refractivity contribution in [2.24, 2.45) is 11.1 Å². The van der Waals surface area contributed by atoms with Gasteiger partial charge in [0, 0.05) is 51.2 Å². The van der Waals surface area contributed by atoms with Gasteiger partial charge in [0.15, 0.2) is 0 Å². The van der Waals surface area contributed by atoms with Crippen molar-refractivity contribution in [2.75, 3.05) is 11.4 Å². The Hall–Kier alpha value is -5.93. The highest BCUT2D eigenvalue weighted by atomic mass is 32.1.